The van der Waals surface area contributed by atoms with Crippen molar-refractivity contribution in [2.45, 2.75) is 0 Å². The summed E-state index contributed by atoms with van der Waals surface area (Å²) in [6.45, 7) is 0.422. The van der Waals surface area contributed by atoms with Crippen LogP contribution < -0.4 is 10.2 Å². The Labute approximate surface area is 114 Å². The molecule has 5 heteroatoms. The summed E-state index contributed by atoms with van der Waals surface area (Å²) in [5.74, 6) is 0.308. The number of amides is 1. The van der Waals surface area contributed by atoms with Crippen molar-refractivity contribution in [3.8, 4) is 0 Å². The molecule has 0 aliphatic carbocycles. The van der Waals surface area contributed by atoms with Crippen molar-refractivity contribution in [3.63, 3.8) is 0 Å². The SMILES string of the molecule is O=C(NC1=CN(c2cccs2)CO1)c1ccccc1. The van der Waals surface area contributed by atoms with Gasteiger partial charge in [0.25, 0.3) is 5.91 Å². The zero-order valence-electron chi connectivity index (χ0n) is 10.1. The highest BCUT2D eigenvalue weighted by atomic mass is 32.1. The van der Waals surface area contributed by atoms with Crippen LogP contribution in [0.4, 0.5) is 5.00 Å². The summed E-state index contributed by atoms with van der Waals surface area (Å²) >= 11 is 1.63. The van der Waals surface area contributed by atoms with Gasteiger partial charge in [-0.15, -0.1) is 11.3 Å². The zero-order chi connectivity index (χ0) is 13.1. The summed E-state index contributed by atoms with van der Waals surface area (Å²) in [4.78, 5) is 13.9. The largest absolute Gasteiger partial charge is 0.456 e. The Balaban J connectivity index is 1.68. The maximum atomic E-state index is 11.9. The molecular formula is C14H12N2O2S. The van der Waals surface area contributed by atoms with E-state index < -0.39 is 0 Å². The van der Waals surface area contributed by atoms with Crippen LogP contribution >= 0.6 is 11.3 Å². The fraction of sp³-hybridized carbons (Fsp3) is 0.0714. The summed E-state index contributed by atoms with van der Waals surface area (Å²) in [6, 6.07) is 13.1. The van der Waals surface area contributed by atoms with Crippen molar-refractivity contribution in [3.05, 3.63) is 65.5 Å². The van der Waals surface area contributed by atoms with Gasteiger partial charge in [0.2, 0.25) is 5.88 Å². The topological polar surface area (TPSA) is 41.6 Å². The quantitative estimate of drug-likeness (QED) is 0.934. The van der Waals surface area contributed by atoms with Gasteiger partial charge in [0.15, 0.2) is 6.73 Å². The highest BCUT2D eigenvalue weighted by Crippen LogP contribution is 2.25. The molecule has 0 unspecified atom stereocenters. The highest BCUT2D eigenvalue weighted by molar-refractivity contribution is 7.14. The van der Waals surface area contributed by atoms with E-state index in [1.165, 1.54) is 0 Å². The van der Waals surface area contributed by atoms with Gasteiger partial charge < -0.3 is 9.64 Å². The molecule has 3 rings (SSSR count). The monoisotopic (exact) mass is 272 g/mol. The van der Waals surface area contributed by atoms with E-state index in [-0.39, 0.29) is 5.91 Å². The minimum absolute atomic E-state index is 0.167. The van der Waals surface area contributed by atoms with Gasteiger partial charge in [-0.3, -0.25) is 10.1 Å². The first-order valence-corrected chi connectivity index (χ1v) is 6.72. The lowest BCUT2D eigenvalue weighted by Crippen LogP contribution is -2.22. The lowest BCUT2D eigenvalue weighted by Gasteiger charge is -2.08. The van der Waals surface area contributed by atoms with E-state index in [9.17, 15) is 4.79 Å². The molecule has 2 aromatic rings. The number of hydrogen-bond acceptors (Lipinski definition) is 4. The van der Waals surface area contributed by atoms with Gasteiger partial charge in [0, 0.05) is 5.56 Å². The molecule has 0 spiro atoms. The number of nitrogens with one attached hydrogen (secondary N) is 1. The molecule has 96 valence electrons. The zero-order valence-corrected chi connectivity index (χ0v) is 10.9. The van der Waals surface area contributed by atoms with Gasteiger partial charge in [-0.05, 0) is 29.6 Å². The summed E-state index contributed by atoms with van der Waals surface area (Å²) in [5.41, 5.74) is 0.613. The molecule has 1 aliphatic heterocycles. The van der Waals surface area contributed by atoms with Crippen LogP contribution in [0.25, 0.3) is 0 Å². The van der Waals surface area contributed by atoms with E-state index in [4.69, 9.17) is 4.74 Å². The van der Waals surface area contributed by atoms with E-state index in [1.807, 2.05) is 40.6 Å². The molecule has 0 fully saturated rings. The maximum Gasteiger partial charge on any atom is 0.258 e. The van der Waals surface area contributed by atoms with Crippen molar-refractivity contribution in [1.82, 2.24) is 5.32 Å². The van der Waals surface area contributed by atoms with Crippen LogP contribution in [-0.2, 0) is 4.74 Å². The third-order valence-corrected chi connectivity index (χ3v) is 3.60. The molecule has 1 amide bonds. The van der Waals surface area contributed by atoms with E-state index in [1.54, 1.807) is 29.7 Å². The summed E-state index contributed by atoms with van der Waals surface area (Å²) in [6.07, 6.45) is 1.80. The van der Waals surface area contributed by atoms with Crippen molar-refractivity contribution in [2.24, 2.45) is 0 Å². The molecule has 1 aromatic carbocycles. The van der Waals surface area contributed by atoms with E-state index in [0.29, 0.717) is 18.2 Å². The molecule has 1 aliphatic rings. The number of rotatable bonds is 3. The Morgan fingerprint density at radius 1 is 1.21 bits per heavy atom. The molecule has 1 aromatic heterocycles. The van der Waals surface area contributed by atoms with Crippen LogP contribution in [0.1, 0.15) is 10.4 Å². The average molecular weight is 272 g/mol. The Morgan fingerprint density at radius 2 is 2.05 bits per heavy atom. The van der Waals surface area contributed by atoms with Crippen LogP contribution in [0.15, 0.2) is 59.9 Å². The molecule has 0 radical (unpaired) electrons. The van der Waals surface area contributed by atoms with Crippen LogP contribution in [0.3, 0.4) is 0 Å². The van der Waals surface area contributed by atoms with Crippen LogP contribution in [0.5, 0.6) is 0 Å². The fourth-order valence-electron chi connectivity index (χ4n) is 1.76. The van der Waals surface area contributed by atoms with Crippen molar-refractivity contribution >= 4 is 22.2 Å². The fourth-order valence-corrected chi connectivity index (χ4v) is 2.45. The van der Waals surface area contributed by atoms with Gasteiger partial charge in [0.05, 0.1) is 11.2 Å². The molecule has 0 bridgehead atoms. The van der Waals surface area contributed by atoms with Gasteiger partial charge in [-0.1, -0.05) is 18.2 Å². The Hall–Kier alpha value is -2.27. The second-order valence-electron chi connectivity index (χ2n) is 4.01. The second-order valence-corrected chi connectivity index (χ2v) is 4.93. The predicted molar refractivity (Wildman–Crippen MR) is 74.7 cm³/mol. The van der Waals surface area contributed by atoms with Crippen molar-refractivity contribution in [1.29, 1.82) is 0 Å². The van der Waals surface area contributed by atoms with E-state index in [2.05, 4.69) is 5.32 Å². The lowest BCUT2D eigenvalue weighted by atomic mass is 10.2. The number of nitrogens with zero attached hydrogens (tertiary/aromatic N) is 1. The Bertz CT molecular complexity index is 593. The molecule has 1 N–H and O–H groups in total. The van der Waals surface area contributed by atoms with E-state index >= 15 is 0 Å². The lowest BCUT2D eigenvalue weighted by molar-refractivity contribution is 0.0931. The minimum atomic E-state index is -0.167. The number of carbonyl (C=O) groups is 1. The molecule has 2 heterocycles. The molecular weight excluding hydrogens is 260 g/mol. The summed E-state index contributed by atoms with van der Waals surface area (Å²) < 4.78 is 5.44. The summed E-state index contributed by atoms with van der Waals surface area (Å²) in [7, 11) is 0. The molecule has 19 heavy (non-hydrogen) atoms. The molecule has 4 nitrogen and oxygen atoms in total. The first-order valence-electron chi connectivity index (χ1n) is 5.84. The molecule has 0 saturated heterocycles. The Morgan fingerprint density at radius 3 is 2.79 bits per heavy atom. The smallest absolute Gasteiger partial charge is 0.258 e. The number of carbonyl (C=O) groups excluding carboxylic acids is 1. The van der Waals surface area contributed by atoms with Crippen LogP contribution in [0.2, 0.25) is 0 Å². The first-order chi connectivity index (χ1) is 9.33. The van der Waals surface area contributed by atoms with E-state index in [0.717, 1.165) is 5.00 Å². The van der Waals surface area contributed by atoms with Crippen molar-refractivity contribution < 1.29 is 9.53 Å². The molecule has 0 saturated carbocycles. The average Bonchev–Trinajstić information content (AvgIpc) is 3.10. The number of benzene rings is 1. The predicted octanol–water partition coefficient (Wildman–Crippen LogP) is 2.77. The number of thiophene rings is 1. The third kappa shape index (κ3) is 2.61. The van der Waals surface area contributed by atoms with Gasteiger partial charge >= 0.3 is 0 Å². The van der Waals surface area contributed by atoms with Gasteiger partial charge in [-0.2, -0.15) is 0 Å². The molecule has 0 atom stereocenters. The Kier molecular flexibility index (Phi) is 3.20. The third-order valence-electron chi connectivity index (χ3n) is 2.69. The van der Waals surface area contributed by atoms with Crippen molar-refractivity contribution in [2.75, 3.05) is 11.6 Å². The second kappa shape index (κ2) is 5.16. The first kappa shape index (κ1) is 11.8. The number of anilines is 1. The van der Waals surface area contributed by atoms with Crippen LogP contribution in [0, 0.1) is 0 Å². The van der Waals surface area contributed by atoms with Gasteiger partial charge in [0.1, 0.15) is 0 Å². The number of ether oxygens (including phenoxy) is 1. The van der Waals surface area contributed by atoms with Gasteiger partial charge in [-0.25, -0.2) is 0 Å². The minimum Gasteiger partial charge on any atom is -0.456 e. The summed E-state index contributed by atoms with van der Waals surface area (Å²) in [5, 5.41) is 5.84. The standard InChI is InChI=1S/C14H12N2O2S/c17-14(11-5-2-1-3-6-11)15-12-9-16(10-18-12)13-7-4-8-19-13/h1-9H,10H2,(H,15,17). The normalized spacial score (nSPS) is 13.9. The number of hydrogen-bond donors (Lipinski definition) is 1. The maximum absolute atomic E-state index is 11.9. The highest BCUT2D eigenvalue weighted by Gasteiger charge is 2.17. The van der Waals surface area contributed by atoms with Crippen LogP contribution in [-0.4, -0.2) is 12.6 Å².